The molecule has 9 heteroatoms. The Labute approximate surface area is 224 Å². The third-order valence-corrected chi connectivity index (χ3v) is 6.85. The fraction of sp³-hybridized carbons (Fsp3) is 0.207. The standard InChI is InChI=1S/C23H23N3O4S.C6H5F/c27-20(21(28)23(30)26-12-16-8-4-5-9-17(16)13-26)22(29)24-11-19-25-18(14-31-19)10-15-6-2-1-3-7-15;7-6-4-2-1-3-5-6/h1-9,14,20-21,27-28H,10-13H2,(H,24,29);1-5H. The minimum absolute atomic E-state index is 0.116. The summed E-state index contributed by atoms with van der Waals surface area (Å²) >= 11 is 1.41. The van der Waals surface area contributed by atoms with Crippen molar-refractivity contribution in [1.82, 2.24) is 15.2 Å². The lowest BCUT2D eigenvalue weighted by Gasteiger charge is -2.22. The molecule has 2 heterocycles. The summed E-state index contributed by atoms with van der Waals surface area (Å²) in [6, 6.07) is 25.5. The highest BCUT2D eigenvalue weighted by atomic mass is 32.1. The number of aromatic nitrogens is 1. The first-order chi connectivity index (χ1) is 18.4. The summed E-state index contributed by atoms with van der Waals surface area (Å²) in [6.07, 6.45) is -2.97. The van der Waals surface area contributed by atoms with Crippen molar-refractivity contribution in [3.8, 4) is 0 Å². The van der Waals surface area contributed by atoms with Crippen molar-refractivity contribution < 1.29 is 24.2 Å². The first-order valence-electron chi connectivity index (χ1n) is 12.1. The zero-order chi connectivity index (χ0) is 26.9. The van der Waals surface area contributed by atoms with Gasteiger partial charge in [0.25, 0.3) is 11.8 Å². The first-order valence-corrected chi connectivity index (χ1v) is 13.0. The smallest absolute Gasteiger partial charge is 0.255 e. The maximum Gasteiger partial charge on any atom is 0.255 e. The number of nitrogens with zero attached hydrogens (tertiary/aromatic N) is 2. The molecule has 4 aromatic rings. The second-order valence-corrected chi connectivity index (χ2v) is 9.70. The molecule has 5 rings (SSSR count). The fourth-order valence-electron chi connectivity index (χ4n) is 3.95. The number of rotatable bonds is 7. The van der Waals surface area contributed by atoms with E-state index in [-0.39, 0.29) is 12.4 Å². The molecule has 196 valence electrons. The molecule has 0 saturated carbocycles. The number of thiazole rings is 1. The molecule has 2 amide bonds. The monoisotopic (exact) mass is 533 g/mol. The van der Waals surface area contributed by atoms with Crippen LogP contribution in [-0.4, -0.2) is 44.1 Å². The van der Waals surface area contributed by atoms with Crippen LogP contribution in [0.4, 0.5) is 4.39 Å². The Morgan fingerprint density at radius 1 is 0.895 bits per heavy atom. The van der Waals surface area contributed by atoms with E-state index >= 15 is 0 Å². The highest BCUT2D eigenvalue weighted by molar-refractivity contribution is 7.09. The summed E-state index contributed by atoms with van der Waals surface area (Å²) in [7, 11) is 0. The molecule has 1 aliphatic heterocycles. The van der Waals surface area contributed by atoms with Crippen LogP contribution in [0, 0.1) is 5.82 Å². The number of hydrogen-bond donors (Lipinski definition) is 3. The number of amides is 2. The van der Waals surface area contributed by atoms with E-state index in [1.165, 1.54) is 28.4 Å². The van der Waals surface area contributed by atoms with E-state index in [9.17, 15) is 24.2 Å². The number of aliphatic hydroxyl groups is 2. The number of aliphatic hydroxyl groups excluding tert-OH is 2. The lowest BCUT2D eigenvalue weighted by Crippen LogP contribution is -2.49. The van der Waals surface area contributed by atoms with Crippen molar-refractivity contribution in [2.75, 3.05) is 0 Å². The predicted octanol–water partition coefficient (Wildman–Crippen LogP) is 3.44. The number of hydrogen-bond acceptors (Lipinski definition) is 6. The van der Waals surface area contributed by atoms with Crippen LogP contribution >= 0.6 is 11.3 Å². The number of benzene rings is 3. The van der Waals surface area contributed by atoms with Crippen molar-refractivity contribution in [1.29, 1.82) is 0 Å². The van der Waals surface area contributed by atoms with Gasteiger partial charge in [-0.05, 0) is 28.8 Å². The fourth-order valence-corrected chi connectivity index (χ4v) is 4.69. The summed E-state index contributed by atoms with van der Waals surface area (Å²) in [5.41, 5.74) is 4.03. The molecule has 0 spiro atoms. The molecule has 1 aromatic heterocycles. The minimum atomic E-state index is -1.85. The summed E-state index contributed by atoms with van der Waals surface area (Å²) in [6.45, 7) is 0.818. The third-order valence-electron chi connectivity index (χ3n) is 5.95. The van der Waals surface area contributed by atoms with Crippen molar-refractivity contribution in [3.63, 3.8) is 0 Å². The summed E-state index contributed by atoms with van der Waals surface area (Å²) in [4.78, 5) is 30.7. The van der Waals surface area contributed by atoms with Crippen molar-refractivity contribution in [2.24, 2.45) is 0 Å². The highest BCUT2D eigenvalue weighted by Crippen LogP contribution is 2.23. The van der Waals surface area contributed by atoms with E-state index in [0.717, 1.165) is 22.4 Å². The van der Waals surface area contributed by atoms with Crippen molar-refractivity contribution in [3.05, 3.63) is 124 Å². The number of nitrogens with one attached hydrogen (secondary N) is 1. The van der Waals surface area contributed by atoms with Gasteiger partial charge < -0.3 is 20.4 Å². The van der Waals surface area contributed by atoms with Crippen LogP contribution in [0.1, 0.15) is 27.4 Å². The molecular weight excluding hydrogens is 505 g/mol. The Bertz CT molecular complexity index is 1330. The summed E-state index contributed by atoms with van der Waals surface area (Å²) in [5, 5.41) is 25.6. The Kier molecular flexibility index (Phi) is 9.31. The first kappa shape index (κ1) is 27.1. The Morgan fingerprint density at radius 2 is 1.47 bits per heavy atom. The molecule has 0 bridgehead atoms. The molecule has 0 aliphatic carbocycles. The van der Waals surface area contributed by atoms with Gasteiger partial charge in [0.05, 0.1) is 12.2 Å². The molecule has 3 aromatic carbocycles. The number of halogens is 1. The van der Waals surface area contributed by atoms with Gasteiger partial charge >= 0.3 is 0 Å². The maximum atomic E-state index is 12.5. The molecule has 0 fully saturated rings. The van der Waals surface area contributed by atoms with Gasteiger partial charge in [-0.2, -0.15) is 0 Å². The Balaban J connectivity index is 0.000000417. The number of fused-ring (bicyclic) bond motifs is 1. The van der Waals surface area contributed by atoms with E-state index in [0.29, 0.717) is 24.5 Å². The van der Waals surface area contributed by atoms with Crippen LogP contribution in [0.2, 0.25) is 0 Å². The van der Waals surface area contributed by atoms with Gasteiger partial charge in [-0.1, -0.05) is 72.8 Å². The zero-order valence-electron chi connectivity index (χ0n) is 20.5. The number of carbonyl (C=O) groups is 2. The van der Waals surface area contributed by atoms with Gasteiger partial charge in [0.2, 0.25) is 0 Å². The van der Waals surface area contributed by atoms with E-state index in [1.54, 1.807) is 18.2 Å². The molecule has 2 unspecified atom stereocenters. The van der Waals surface area contributed by atoms with E-state index in [2.05, 4.69) is 10.3 Å². The maximum absolute atomic E-state index is 12.5. The van der Waals surface area contributed by atoms with Gasteiger partial charge in [0.1, 0.15) is 10.8 Å². The van der Waals surface area contributed by atoms with Gasteiger partial charge in [0.15, 0.2) is 12.2 Å². The van der Waals surface area contributed by atoms with Gasteiger partial charge in [-0.3, -0.25) is 9.59 Å². The molecule has 1 aliphatic rings. The normalized spacial score (nSPS) is 13.6. The summed E-state index contributed by atoms with van der Waals surface area (Å²) in [5.74, 6) is -1.65. The van der Waals surface area contributed by atoms with Crippen LogP contribution in [0.15, 0.2) is 90.3 Å². The minimum Gasteiger partial charge on any atom is -0.380 e. The molecule has 38 heavy (non-hydrogen) atoms. The topological polar surface area (TPSA) is 103 Å². The number of carbonyl (C=O) groups excluding carboxylic acids is 2. The molecule has 0 radical (unpaired) electrons. The molecule has 7 nitrogen and oxygen atoms in total. The quantitative estimate of drug-likeness (QED) is 0.338. The van der Waals surface area contributed by atoms with Gasteiger partial charge in [0, 0.05) is 24.9 Å². The lowest BCUT2D eigenvalue weighted by atomic mass is 10.1. The SMILES string of the molecule is Fc1ccccc1.O=C(NCc1nc(Cc2ccccc2)cs1)C(O)C(O)C(=O)N1Cc2ccccc2C1. The third kappa shape index (κ3) is 7.32. The largest absolute Gasteiger partial charge is 0.380 e. The van der Waals surface area contributed by atoms with E-state index in [1.807, 2.05) is 60.0 Å². The van der Waals surface area contributed by atoms with Gasteiger partial charge in [-0.15, -0.1) is 11.3 Å². The van der Waals surface area contributed by atoms with Crippen molar-refractivity contribution in [2.45, 2.75) is 38.3 Å². The van der Waals surface area contributed by atoms with Crippen LogP contribution < -0.4 is 5.32 Å². The van der Waals surface area contributed by atoms with Crippen LogP contribution in [-0.2, 0) is 35.6 Å². The Hall–Kier alpha value is -3.92. The second-order valence-electron chi connectivity index (χ2n) is 8.76. The average molecular weight is 534 g/mol. The highest BCUT2D eigenvalue weighted by Gasteiger charge is 2.35. The van der Waals surface area contributed by atoms with Crippen LogP contribution in [0.3, 0.4) is 0 Å². The second kappa shape index (κ2) is 13.0. The van der Waals surface area contributed by atoms with Crippen LogP contribution in [0.25, 0.3) is 0 Å². The van der Waals surface area contributed by atoms with E-state index in [4.69, 9.17) is 0 Å². The molecular formula is C29H28FN3O4S. The van der Waals surface area contributed by atoms with Crippen LogP contribution in [0.5, 0.6) is 0 Å². The Morgan fingerprint density at radius 3 is 2.05 bits per heavy atom. The lowest BCUT2D eigenvalue weighted by molar-refractivity contribution is -0.153. The molecule has 3 N–H and O–H groups in total. The summed E-state index contributed by atoms with van der Waals surface area (Å²) < 4.78 is 11.9. The predicted molar refractivity (Wildman–Crippen MR) is 142 cm³/mol. The van der Waals surface area contributed by atoms with E-state index < -0.39 is 24.0 Å². The molecule has 2 atom stereocenters. The average Bonchev–Trinajstić information content (AvgIpc) is 3.58. The molecule has 0 saturated heterocycles. The zero-order valence-corrected chi connectivity index (χ0v) is 21.4. The van der Waals surface area contributed by atoms with Crippen molar-refractivity contribution >= 4 is 23.2 Å². The van der Waals surface area contributed by atoms with Gasteiger partial charge in [-0.25, -0.2) is 9.37 Å².